The Morgan fingerprint density at radius 2 is 1.72 bits per heavy atom. The molecule has 0 radical (unpaired) electrons. The number of rotatable bonds is 2. The number of hydrogen-bond donors (Lipinski definition) is 0. The van der Waals surface area contributed by atoms with Crippen molar-refractivity contribution in [2.24, 2.45) is 4.99 Å². The molecule has 0 bridgehead atoms. The monoisotopic (exact) mass is 368 g/mol. The maximum absolute atomic E-state index is 5.03. The van der Waals surface area contributed by atoms with Gasteiger partial charge in [-0.05, 0) is 42.0 Å². The van der Waals surface area contributed by atoms with Crippen molar-refractivity contribution in [2.45, 2.75) is 19.4 Å². The molecule has 0 aliphatic carbocycles. The van der Waals surface area contributed by atoms with Gasteiger partial charge in [-0.25, -0.2) is 4.99 Å². The number of halogens is 1. The number of benzene rings is 2. The molecular weight excluding hydrogens is 348 g/mol. The number of likely N-dealkylation sites (N-methyl/N-ethyl adjacent to an activating group) is 1. The van der Waals surface area contributed by atoms with E-state index in [1.807, 2.05) is 11.3 Å². The van der Waals surface area contributed by atoms with E-state index in [4.69, 9.17) is 4.99 Å². The molecule has 4 rings (SSSR count). The molecule has 1 aliphatic rings. The molecule has 1 aromatic heterocycles. The molecule has 0 saturated heterocycles. The second-order valence-corrected chi connectivity index (χ2v) is 7.18. The van der Waals surface area contributed by atoms with Gasteiger partial charge >= 0.3 is 0 Å². The minimum atomic E-state index is 0. The van der Waals surface area contributed by atoms with Crippen LogP contribution in [0.5, 0.6) is 0 Å². The molecule has 3 aromatic rings. The average Bonchev–Trinajstić information content (AvgIpc) is 2.98. The van der Waals surface area contributed by atoms with Gasteiger partial charge < -0.3 is 4.90 Å². The van der Waals surface area contributed by atoms with Gasteiger partial charge in [0.1, 0.15) is 5.84 Å². The fourth-order valence-electron chi connectivity index (χ4n) is 3.33. The number of fused-ring (bicyclic) bond motifs is 1. The van der Waals surface area contributed by atoms with E-state index in [0.29, 0.717) is 6.04 Å². The van der Waals surface area contributed by atoms with Gasteiger partial charge in [0.05, 0.1) is 11.7 Å². The van der Waals surface area contributed by atoms with Crippen molar-refractivity contribution < 1.29 is 0 Å². The Hall–Kier alpha value is -2.10. The van der Waals surface area contributed by atoms with Crippen LogP contribution in [0.25, 0.3) is 0 Å². The van der Waals surface area contributed by atoms with Crippen molar-refractivity contribution in [3.8, 4) is 0 Å². The zero-order chi connectivity index (χ0) is 16.5. The Balaban J connectivity index is 0.00000182. The van der Waals surface area contributed by atoms with Crippen LogP contribution in [0.3, 0.4) is 0 Å². The summed E-state index contributed by atoms with van der Waals surface area (Å²) in [5.74, 6) is 1.04. The summed E-state index contributed by atoms with van der Waals surface area (Å²) in [6.45, 7) is 2.20. The van der Waals surface area contributed by atoms with Gasteiger partial charge in [0, 0.05) is 17.5 Å². The number of hydrogen-bond acceptors (Lipinski definition) is 3. The van der Waals surface area contributed by atoms with E-state index in [9.17, 15) is 0 Å². The molecule has 128 valence electrons. The highest BCUT2D eigenvalue weighted by Gasteiger charge is 2.27. The third-order valence-electron chi connectivity index (χ3n) is 4.67. The molecule has 1 unspecified atom stereocenters. The van der Waals surface area contributed by atoms with Gasteiger partial charge in [-0.3, -0.25) is 0 Å². The van der Waals surface area contributed by atoms with Gasteiger partial charge in [-0.15, -0.1) is 23.7 Å². The van der Waals surface area contributed by atoms with E-state index in [2.05, 4.69) is 84.9 Å². The topological polar surface area (TPSA) is 15.6 Å². The van der Waals surface area contributed by atoms with Crippen LogP contribution in [0.4, 0.5) is 5.69 Å². The number of aliphatic imine (C=N–C) groups is 1. The summed E-state index contributed by atoms with van der Waals surface area (Å²) in [5, 5.41) is 2.19. The van der Waals surface area contributed by atoms with Gasteiger partial charge in [-0.1, -0.05) is 48.5 Å². The smallest absolute Gasteiger partial charge is 0.136 e. The minimum absolute atomic E-state index is 0. The molecule has 25 heavy (non-hydrogen) atoms. The Kier molecular flexibility index (Phi) is 5.26. The maximum Gasteiger partial charge on any atom is 0.136 e. The second kappa shape index (κ2) is 7.42. The molecule has 0 saturated carbocycles. The van der Waals surface area contributed by atoms with Crippen molar-refractivity contribution in [3.05, 3.63) is 87.6 Å². The van der Waals surface area contributed by atoms with Crippen LogP contribution in [0.15, 0.2) is 71.0 Å². The summed E-state index contributed by atoms with van der Waals surface area (Å²) in [7, 11) is 2.17. The van der Waals surface area contributed by atoms with Crippen LogP contribution in [0, 0.1) is 6.92 Å². The van der Waals surface area contributed by atoms with Crippen molar-refractivity contribution >= 4 is 35.3 Å². The molecule has 1 aliphatic heterocycles. The van der Waals surface area contributed by atoms with Crippen LogP contribution in [-0.4, -0.2) is 17.8 Å². The largest absolute Gasteiger partial charge is 0.351 e. The Labute approximate surface area is 159 Å². The quantitative estimate of drug-likeness (QED) is 0.559. The van der Waals surface area contributed by atoms with Crippen molar-refractivity contribution in [1.29, 1.82) is 0 Å². The first-order valence-electron chi connectivity index (χ1n) is 8.23. The van der Waals surface area contributed by atoms with E-state index in [-0.39, 0.29) is 12.4 Å². The predicted octanol–water partition coefficient (Wildman–Crippen LogP) is 5.79. The molecule has 1 atom stereocenters. The molecule has 0 N–H and O–H groups in total. The van der Waals surface area contributed by atoms with Crippen molar-refractivity contribution in [2.75, 3.05) is 7.05 Å². The number of nitrogens with zero attached hydrogens (tertiary/aromatic N) is 2. The first-order chi connectivity index (χ1) is 11.7. The number of thiophene rings is 1. The zero-order valence-electron chi connectivity index (χ0n) is 14.3. The fraction of sp³-hybridized carbons (Fsp3) is 0.190. The van der Waals surface area contributed by atoms with Gasteiger partial charge in [0.2, 0.25) is 0 Å². The Morgan fingerprint density at radius 1 is 1.00 bits per heavy atom. The van der Waals surface area contributed by atoms with Gasteiger partial charge in [0.25, 0.3) is 0 Å². The molecular formula is C21H21ClN2S. The third-order valence-corrected chi connectivity index (χ3v) is 5.79. The van der Waals surface area contributed by atoms with Gasteiger partial charge in [0.15, 0.2) is 0 Å². The molecule has 0 amide bonds. The van der Waals surface area contributed by atoms with E-state index < -0.39 is 0 Å². The standard InChI is InChI=1S/C21H20N2S.ClH/c1-15-12-13-24-20(15)19-14-17-10-6-7-11-18(17)22-21(23(19)2)16-8-4-3-5-9-16;/h3-13,19H,14H2,1-2H3;1H. The summed E-state index contributed by atoms with van der Waals surface area (Å²) in [6.07, 6.45) is 0.980. The van der Waals surface area contributed by atoms with Crippen LogP contribution < -0.4 is 0 Å². The summed E-state index contributed by atoms with van der Waals surface area (Å²) >= 11 is 1.84. The minimum Gasteiger partial charge on any atom is -0.351 e. The van der Waals surface area contributed by atoms with Crippen molar-refractivity contribution in [3.63, 3.8) is 0 Å². The Bertz CT molecular complexity index is 886. The normalized spacial score (nSPS) is 16.5. The zero-order valence-corrected chi connectivity index (χ0v) is 16.0. The summed E-state index contributed by atoms with van der Waals surface area (Å²) in [4.78, 5) is 8.80. The lowest BCUT2D eigenvalue weighted by Crippen LogP contribution is -2.32. The lowest BCUT2D eigenvalue weighted by atomic mass is 10.0. The highest BCUT2D eigenvalue weighted by molar-refractivity contribution is 7.10. The average molecular weight is 369 g/mol. The fourth-order valence-corrected chi connectivity index (χ4v) is 4.40. The van der Waals surface area contributed by atoms with E-state index >= 15 is 0 Å². The molecule has 0 spiro atoms. The van der Waals surface area contributed by atoms with Crippen LogP contribution in [-0.2, 0) is 6.42 Å². The van der Waals surface area contributed by atoms with Crippen molar-refractivity contribution in [1.82, 2.24) is 4.90 Å². The lowest BCUT2D eigenvalue weighted by molar-refractivity contribution is 0.381. The van der Waals surface area contributed by atoms with Crippen LogP contribution in [0.2, 0.25) is 0 Å². The highest BCUT2D eigenvalue weighted by Crippen LogP contribution is 2.37. The Morgan fingerprint density at radius 3 is 2.44 bits per heavy atom. The lowest BCUT2D eigenvalue weighted by Gasteiger charge is -2.29. The first-order valence-corrected chi connectivity index (χ1v) is 9.11. The molecule has 2 heterocycles. The molecule has 0 fully saturated rings. The number of para-hydroxylation sites is 1. The summed E-state index contributed by atoms with van der Waals surface area (Å²) in [6, 6.07) is 21.5. The summed E-state index contributed by atoms with van der Waals surface area (Å²) < 4.78 is 0. The first kappa shape index (κ1) is 17.7. The van der Waals surface area contributed by atoms with Gasteiger partial charge in [-0.2, -0.15) is 0 Å². The molecule has 4 heteroatoms. The van der Waals surface area contributed by atoms with Crippen LogP contribution in [0.1, 0.15) is 27.6 Å². The van der Waals surface area contributed by atoms with E-state index in [0.717, 1.165) is 23.5 Å². The third kappa shape index (κ3) is 3.35. The predicted molar refractivity (Wildman–Crippen MR) is 110 cm³/mol. The summed E-state index contributed by atoms with van der Waals surface area (Å²) in [5.41, 5.74) is 4.92. The SMILES string of the molecule is Cc1ccsc1C1Cc2ccccc2N=C(c2ccccc2)N1C.Cl. The van der Waals surface area contributed by atoms with E-state index in [1.54, 1.807) is 0 Å². The number of amidine groups is 1. The second-order valence-electron chi connectivity index (χ2n) is 6.23. The van der Waals surface area contributed by atoms with E-state index in [1.165, 1.54) is 16.0 Å². The number of aryl methyl sites for hydroxylation is 1. The maximum atomic E-state index is 5.03. The van der Waals surface area contributed by atoms with Crippen LogP contribution >= 0.6 is 23.7 Å². The molecule has 2 nitrogen and oxygen atoms in total. The highest BCUT2D eigenvalue weighted by atomic mass is 35.5. The molecule has 2 aromatic carbocycles.